The van der Waals surface area contributed by atoms with E-state index in [1.807, 2.05) is 6.07 Å². The second kappa shape index (κ2) is 12.4. The van der Waals surface area contributed by atoms with E-state index in [9.17, 15) is 23.4 Å². The molecular formula is C25H28Cl2N2O5S. The Balaban J connectivity index is 0.00000432. The first-order valence-corrected chi connectivity index (χ1v) is 12.5. The summed E-state index contributed by atoms with van der Waals surface area (Å²) in [4.78, 5) is 13.5. The zero-order chi connectivity index (χ0) is 24.9. The Hall–Kier alpha value is -2.62. The highest BCUT2D eigenvalue weighted by Gasteiger charge is 2.22. The molecule has 7 nitrogen and oxygen atoms in total. The standard InChI is InChI=1S/C25H27ClN2O5S.ClH/c1-28(2)25(31)22-15-21(10-11-23(22)29)34(32,33)20-8-6-17(7-9-20)12-13-27-16-24(30)18-4-3-5-19(26)14-18;/h3-11,14-15,24,27,29-30H,12-13,16H2,1-2H3;1H/t24-;/m0./s1. The zero-order valence-corrected chi connectivity index (χ0v) is 21.7. The summed E-state index contributed by atoms with van der Waals surface area (Å²) in [6.45, 7) is 0.958. The second-order valence-electron chi connectivity index (χ2n) is 8.05. The predicted octanol–water partition coefficient (Wildman–Crippen LogP) is 3.87. The maximum absolute atomic E-state index is 13.0. The van der Waals surface area contributed by atoms with Crippen molar-refractivity contribution in [2.45, 2.75) is 22.3 Å². The molecule has 35 heavy (non-hydrogen) atoms. The third-order valence-electron chi connectivity index (χ3n) is 5.31. The van der Waals surface area contributed by atoms with Crippen LogP contribution in [-0.2, 0) is 16.3 Å². The number of sulfone groups is 1. The van der Waals surface area contributed by atoms with Gasteiger partial charge in [-0.1, -0.05) is 35.9 Å². The van der Waals surface area contributed by atoms with Crippen molar-refractivity contribution in [2.24, 2.45) is 0 Å². The van der Waals surface area contributed by atoms with Crippen molar-refractivity contribution in [1.29, 1.82) is 0 Å². The van der Waals surface area contributed by atoms with E-state index in [2.05, 4.69) is 5.32 Å². The Labute approximate surface area is 216 Å². The van der Waals surface area contributed by atoms with Crippen LogP contribution >= 0.6 is 24.0 Å². The van der Waals surface area contributed by atoms with E-state index in [-0.39, 0.29) is 33.5 Å². The smallest absolute Gasteiger partial charge is 0.257 e. The molecule has 0 bridgehead atoms. The number of nitrogens with zero attached hydrogens (tertiary/aromatic N) is 1. The summed E-state index contributed by atoms with van der Waals surface area (Å²) in [5.41, 5.74) is 1.59. The summed E-state index contributed by atoms with van der Waals surface area (Å²) < 4.78 is 26.1. The molecule has 10 heteroatoms. The number of nitrogens with one attached hydrogen (secondary N) is 1. The van der Waals surface area contributed by atoms with Gasteiger partial charge in [0, 0.05) is 25.7 Å². The monoisotopic (exact) mass is 538 g/mol. The molecule has 0 heterocycles. The lowest BCUT2D eigenvalue weighted by molar-refractivity contribution is 0.0824. The molecule has 188 valence electrons. The summed E-state index contributed by atoms with van der Waals surface area (Å²) in [6.07, 6.45) is -0.0377. The van der Waals surface area contributed by atoms with Crippen molar-refractivity contribution in [1.82, 2.24) is 10.2 Å². The number of carbonyl (C=O) groups excluding carboxylic acids is 1. The molecule has 0 fully saturated rings. The van der Waals surface area contributed by atoms with Gasteiger partial charge in [-0.2, -0.15) is 0 Å². The number of phenols is 1. The van der Waals surface area contributed by atoms with Crippen LogP contribution in [0.15, 0.2) is 76.5 Å². The summed E-state index contributed by atoms with van der Waals surface area (Å²) in [5.74, 6) is -0.765. The second-order valence-corrected chi connectivity index (χ2v) is 10.4. The van der Waals surface area contributed by atoms with Crippen LogP contribution in [0.25, 0.3) is 0 Å². The highest BCUT2D eigenvalue weighted by Crippen LogP contribution is 2.27. The van der Waals surface area contributed by atoms with E-state index in [0.29, 0.717) is 24.5 Å². The summed E-state index contributed by atoms with van der Waals surface area (Å²) in [5, 5.41) is 24.0. The lowest BCUT2D eigenvalue weighted by Gasteiger charge is -2.13. The van der Waals surface area contributed by atoms with Crippen molar-refractivity contribution >= 4 is 39.8 Å². The van der Waals surface area contributed by atoms with Crippen LogP contribution in [0.4, 0.5) is 0 Å². The van der Waals surface area contributed by atoms with Gasteiger partial charge >= 0.3 is 0 Å². The number of aromatic hydroxyl groups is 1. The van der Waals surface area contributed by atoms with Crippen LogP contribution in [0.2, 0.25) is 5.02 Å². The lowest BCUT2D eigenvalue weighted by atomic mass is 10.1. The van der Waals surface area contributed by atoms with Crippen LogP contribution in [-0.4, -0.2) is 56.6 Å². The fourth-order valence-corrected chi connectivity index (χ4v) is 4.85. The minimum absolute atomic E-state index is 0. The summed E-state index contributed by atoms with van der Waals surface area (Å²) in [6, 6.07) is 17.2. The van der Waals surface area contributed by atoms with E-state index in [1.165, 1.54) is 49.3 Å². The van der Waals surface area contributed by atoms with Gasteiger partial charge in [-0.15, -0.1) is 12.4 Å². The zero-order valence-electron chi connectivity index (χ0n) is 19.3. The number of rotatable bonds is 9. The highest BCUT2D eigenvalue weighted by molar-refractivity contribution is 7.91. The number of phenolic OH excluding ortho intramolecular Hbond substituents is 1. The van der Waals surface area contributed by atoms with Gasteiger partial charge in [0.25, 0.3) is 5.91 Å². The van der Waals surface area contributed by atoms with Gasteiger partial charge in [0.15, 0.2) is 0 Å². The number of carbonyl (C=O) groups is 1. The van der Waals surface area contributed by atoms with Crippen LogP contribution in [0.1, 0.15) is 27.6 Å². The van der Waals surface area contributed by atoms with Crippen molar-refractivity contribution in [3.05, 3.63) is 88.4 Å². The van der Waals surface area contributed by atoms with E-state index in [1.54, 1.807) is 30.3 Å². The Morgan fingerprint density at radius 2 is 1.69 bits per heavy atom. The Kier molecular flexibility index (Phi) is 10.1. The third kappa shape index (κ3) is 7.19. The van der Waals surface area contributed by atoms with Crippen LogP contribution in [0.3, 0.4) is 0 Å². The number of hydrogen-bond acceptors (Lipinski definition) is 6. The first-order chi connectivity index (χ1) is 16.1. The fraction of sp³-hybridized carbons (Fsp3) is 0.240. The quantitative estimate of drug-likeness (QED) is 0.357. The minimum atomic E-state index is -3.87. The number of hydrogen-bond donors (Lipinski definition) is 3. The molecule has 0 unspecified atom stereocenters. The molecular weight excluding hydrogens is 511 g/mol. The normalized spacial score (nSPS) is 12.0. The van der Waals surface area contributed by atoms with Crippen LogP contribution in [0.5, 0.6) is 5.75 Å². The van der Waals surface area contributed by atoms with Gasteiger partial charge < -0.3 is 20.4 Å². The molecule has 3 aromatic rings. The number of amides is 1. The SMILES string of the molecule is CN(C)C(=O)c1cc(S(=O)(=O)c2ccc(CCNC[C@H](O)c3cccc(Cl)c3)cc2)ccc1O.Cl. The number of aliphatic hydroxyl groups is 1. The highest BCUT2D eigenvalue weighted by atomic mass is 35.5. The first-order valence-electron chi connectivity index (χ1n) is 10.6. The van der Waals surface area contributed by atoms with E-state index in [0.717, 1.165) is 11.1 Å². The average Bonchev–Trinajstić information content (AvgIpc) is 2.81. The summed E-state index contributed by atoms with van der Waals surface area (Å²) in [7, 11) is -0.821. The molecule has 1 amide bonds. The largest absolute Gasteiger partial charge is 0.507 e. The first kappa shape index (κ1) is 28.6. The van der Waals surface area contributed by atoms with Crippen molar-refractivity contribution < 1.29 is 23.4 Å². The number of aliphatic hydroxyl groups excluding tert-OH is 1. The average molecular weight is 539 g/mol. The third-order valence-corrected chi connectivity index (χ3v) is 7.31. The van der Waals surface area contributed by atoms with Crippen molar-refractivity contribution in [3.8, 4) is 5.75 Å². The molecule has 1 atom stereocenters. The topological polar surface area (TPSA) is 107 Å². The van der Waals surface area contributed by atoms with E-state index >= 15 is 0 Å². The van der Waals surface area contributed by atoms with Gasteiger partial charge in [-0.3, -0.25) is 4.79 Å². The molecule has 3 N–H and O–H groups in total. The van der Waals surface area contributed by atoms with Crippen molar-refractivity contribution in [3.63, 3.8) is 0 Å². The molecule has 0 radical (unpaired) electrons. The number of benzene rings is 3. The molecule has 0 aromatic heterocycles. The van der Waals surface area contributed by atoms with Gasteiger partial charge in [-0.25, -0.2) is 8.42 Å². The molecule has 3 rings (SSSR count). The number of halogens is 2. The Morgan fingerprint density at radius 1 is 1.03 bits per heavy atom. The minimum Gasteiger partial charge on any atom is -0.507 e. The van der Waals surface area contributed by atoms with E-state index < -0.39 is 21.8 Å². The molecule has 0 saturated carbocycles. The van der Waals surface area contributed by atoms with E-state index in [4.69, 9.17) is 11.6 Å². The predicted molar refractivity (Wildman–Crippen MR) is 138 cm³/mol. The molecule has 0 aliphatic rings. The molecule has 3 aromatic carbocycles. The fourth-order valence-electron chi connectivity index (χ4n) is 3.37. The molecule has 0 aliphatic carbocycles. The molecule has 0 saturated heterocycles. The van der Waals surface area contributed by atoms with Gasteiger partial charge in [0.1, 0.15) is 5.75 Å². The lowest BCUT2D eigenvalue weighted by Crippen LogP contribution is -2.23. The maximum atomic E-state index is 13.0. The van der Waals surface area contributed by atoms with Crippen LogP contribution < -0.4 is 5.32 Å². The molecule has 0 aliphatic heterocycles. The summed E-state index contributed by atoms with van der Waals surface area (Å²) >= 11 is 5.95. The van der Waals surface area contributed by atoms with Gasteiger partial charge in [0.2, 0.25) is 9.84 Å². The van der Waals surface area contributed by atoms with Crippen LogP contribution in [0, 0.1) is 0 Å². The van der Waals surface area contributed by atoms with Gasteiger partial charge in [-0.05, 0) is 66.6 Å². The molecule has 0 spiro atoms. The Bertz CT molecular complexity index is 1270. The Morgan fingerprint density at radius 3 is 2.31 bits per heavy atom. The maximum Gasteiger partial charge on any atom is 0.257 e. The van der Waals surface area contributed by atoms with Crippen molar-refractivity contribution in [2.75, 3.05) is 27.2 Å². The van der Waals surface area contributed by atoms with Gasteiger partial charge in [0.05, 0.1) is 21.5 Å².